The summed E-state index contributed by atoms with van der Waals surface area (Å²) in [5.74, 6) is -6.51. The number of phosphoric ester groups is 1. The normalized spacial score (nSPS) is 32.0. The number of aliphatic carboxylic acids is 1. The number of nitrogens with two attached hydrogens (primary N) is 1. The summed E-state index contributed by atoms with van der Waals surface area (Å²) in [6.07, 6.45) is -14.2. The van der Waals surface area contributed by atoms with E-state index in [0.29, 0.717) is 0 Å². The lowest BCUT2D eigenvalue weighted by Crippen LogP contribution is -2.61. The van der Waals surface area contributed by atoms with Crippen molar-refractivity contribution in [1.29, 1.82) is 0 Å². The minimum atomic E-state index is -5.52. The van der Waals surface area contributed by atoms with Gasteiger partial charge in [0.2, 0.25) is 0 Å². The maximum absolute atomic E-state index is 13.0. The molecule has 4 unspecified atom stereocenters. The number of phosphoric acid groups is 1. The molecule has 0 radical (unpaired) electrons. The number of nitrogen functional groups attached to an aromatic ring is 1. The Labute approximate surface area is 272 Å². The molecule has 2 fully saturated rings. The van der Waals surface area contributed by atoms with Gasteiger partial charge in [0.25, 0.3) is 15.9 Å². The summed E-state index contributed by atoms with van der Waals surface area (Å²) in [6.45, 7) is 0.975. The van der Waals surface area contributed by atoms with Gasteiger partial charge < -0.3 is 50.7 Å². The van der Waals surface area contributed by atoms with Gasteiger partial charge in [-0.25, -0.2) is 18.7 Å². The van der Waals surface area contributed by atoms with Gasteiger partial charge in [-0.05, 0) is 25.1 Å². The summed E-state index contributed by atoms with van der Waals surface area (Å²) >= 11 is 0. The van der Waals surface area contributed by atoms with Crippen LogP contribution in [-0.2, 0) is 42.2 Å². The lowest BCUT2D eigenvalue weighted by Gasteiger charge is -2.45. The molecule has 2 aromatic rings. The highest BCUT2D eigenvalue weighted by atomic mass is 32.2. The van der Waals surface area contributed by atoms with Crippen molar-refractivity contribution in [3.8, 4) is 0 Å². The third-order valence-corrected chi connectivity index (χ3v) is 10.1. The zero-order valence-electron chi connectivity index (χ0n) is 25.3. The number of nitrogens with zero attached hydrogens (tertiary/aromatic N) is 2. The van der Waals surface area contributed by atoms with Gasteiger partial charge in [0, 0.05) is 18.5 Å². The number of rotatable bonds is 13. The molecule has 2 saturated heterocycles. The summed E-state index contributed by atoms with van der Waals surface area (Å²) in [5.41, 5.74) is 5.25. The van der Waals surface area contributed by atoms with Crippen LogP contribution in [0.3, 0.4) is 0 Å². The number of aliphatic hydroxyl groups is 5. The summed E-state index contributed by atoms with van der Waals surface area (Å²) in [6, 6.07) is 6.71. The third-order valence-electron chi connectivity index (χ3n) is 7.82. The van der Waals surface area contributed by atoms with Crippen LogP contribution < -0.4 is 11.4 Å². The highest BCUT2D eigenvalue weighted by Crippen LogP contribution is 2.52. The van der Waals surface area contributed by atoms with E-state index in [2.05, 4.69) is 4.98 Å². The zero-order valence-corrected chi connectivity index (χ0v) is 27.0. The average molecular weight is 726 g/mol. The predicted octanol–water partition coefficient (Wildman–Crippen LogP) is -2.42. The van der Waals surface area contributed by atoms with Crippen LogP contribution in [0.15, 0.2) is 46.2 Å². The number of anilines is 1. The van der Waals surface area contributed by atoms with E-state index in [1.54, 1.807) is 6.92 Å². The van der Waals surface area contributed by atoms with Crippen molar-refractivity contribution in [3.63, 3.8) is 0 Å². The van der Waals surface area contributed by atoms with Crippen LogP contribution >= 0.6 is 7.82 Å². The van der Waals surface area contributed by atoms with Crippen molar-refractivity contribution in [2.75, 3.05) is 18.9 Å². The first-order valence-corrected chi connectivity index (χ1v) is 17.1. The quantitative estimate of drug-likeness (QED) is 0.0787. The summed E-state index contributed by atoms with van der Waals surface area (Å²) < 4.78 is 64.1. The number of carboxylic acids is 1. The number of hydrogen-bond donors (Lipinski definition) is 8. The molecule has 48 heavy (non-hydrogen) atoms. The molecular formula is C26H36N3O17PS. The topological polar surface area (TPSA) is 317 Å². The minimum absolute atomic E-state index is 0.136. The molecular weight excluding hydrogens is 689 g/mol. The molecule has 3 heterocycles. The fourth-order valence-corrected chi connectivity index (χ4v) is 6.90. The Morgan fingerprint density at radius 2 is 1.83 bits per heavy atom. The SMILES string of the molecule is Cc1ccc(S(=O)(=O)OC[C@@H](O)[C@@H](O)C2O[C@](OP(=O)(O)OCC3OC(n4ccc(N)nc4=O)[C@H](O)[C@@H]3O)(C(=O)O)C[C@H](O)[C@H]2C)cc1. The van der Waals surface area contributed by atoms with E-state index in [-0.39, 0.29) is 10.7 Å². The predicted molar refractivity (Wildman–Crippen MR) is 157 cm³/mol. The Balaban J connectivity index is 1.44. The molecule has 268 valence electrons. The Hall–Kier alpha value is -2.89. The van der Waals surface area contributed by atoms with E-state index in [4.69, 9.17) is 28.4 Å². The largest absolute Gasteiger partial charge is 0.477 e. The molecule has 0 aliphatic carbocycles. The lowest BCUT2D eigenvalue weighted by atomic mass is 9.85. The fourth-order valence-electron chi connectivity index (χ4n) is 5.02. The Kier molecular flexibility index (Phi) is 11.5. The van der Waals surface area contributed by atoms with Gasteiger partial charge in [0.05, 0.1) is 30.3 Å². The van der Waals surface area contributed by atoms with E-state index in [1.807, 2.05) is 0 Å². The Morgan fingerprint density at radius 3 is 2.44 bits per heavy atom. The highest BCUT2D eigenvalue weighted by Gasteiger charge is 2.57. The second-order valence-electron chi connectivity index (χ2n) is 11.3. The maximum Gasteiger partial charge on any atom is 0.475 e. The van der Waals surface area contributed by atoms with Crippen molar-refractivity contribution >= 4 is 29.7 Å². The number of carbonyl (C=O) groups is 1. The van der Waals surface area contributed by atoms with Crippen molar-refractivity contribution in [2.45, 2.75) is 79.9 Å². The molecule has 11 atom stereocenters. The first-order valence-electron chi connectivity index (χ1n) is 14.2. The van der Waals surface area contributed by atoms with Gasteiger partial charge >= 0.3 is 19.5 Å². The van der Waals surface area contributed by atoms with Gasteiger partial charge in [-0.3, -0.25) is 13.3 Å². The van der Waals surface area contributed by atoms with Crippen LogP contribution in [0.1, 0.15) is 25.1 Å². The summed E-state index contributed by atoms with van der Waals surface area (Å²) in [5, 5.41) is 62.8. The molecule has 22 heteroatoms. The van der Waals surface area contributed by atoms with Crippen LogP contribution in [0.2, 0.25) is 0 Å². The highest BCUT2D eigenvalue weighted by molar-refractivity contribution is 7.86. The first-order chi connectivity index (χ1) is 22.3. The number of hydrogen-bond acceptors (Lipinski definition) is 17. The van der Waals surface area contributed by atoms with E-state index < -0.39 is 110 Å². The van der Waals surface area contributed by atoms with E-state index >= 15 is 0 Å². The first kappa shape index (κ1) is 37.9. The van der Waals surface area contributed by atoms with Gasteiger partial charge in [0.15, 0.2) is 6.23 Å². The molecule has 2 aliphatic heterocycles. The zero-order chi connectivity index (χ0) is 35.8. The van der Waals surface area contributed by atoms with Gasteiger partial charge in [-0.2, -0.15) is 13.4 Å². The Morgan fingerprint density at radius 1 is 1.19 bits per heavy atom. The van der Waals surface area contributed by atoms with Gasteiger partial charge in [-0.15, -0.1) is 0 Å². The fraction of sp³-hybridized carbons (Fsp3) is 0.577. The maximum atomic E-state index is 13.0. The minimum Gasteiger partial charge on any atom is -0.477 e. The van der Waals surface area contributed by atoms with Crippen molar-refractivity contribution in [1.82, 2.24) is 9.55 Å². The number of aliphatic hydroxyl groups excluding tert-OH is 5. The monoisotopic (exact) mass is 725 g/mol. The van der Waals surface area contributed by atoms with Crippen LogP contribution in [-0.4, -0.2) is 121 Å². The van der Waals surface area contributed by atoms with E-state index in [1.165, 1.54) is 37.3 Å². The van der Waals surface area contributed by atoms with Gasteiger partial charge in [-0.1, -0.05) is 24.6 Å². The van der Waals surface area contributed by atoms with Crippen molar-refractivity contribution in [2.24, 2.45) is 5.92 Å². The molecule has 0 spiro atoms. The summed E-state index contributed by atoms with van der Waals surface area (Å²) in [7, 11) is -9.92. The molecule has 1 aromatic carbocycles. The number of carboxylic acid groups (broad SMARTS) is 1. The number of aromatic nitrogens is 2. The second kappa shape index (κ2) is 14.5. The molecule has 2 aliphatic rings. The molecule has 4 rings (SSSR count). The molecule has 0 bridgehead atoms. The van der Waals surface area contributed by atoms with Crippen LogP contribution in [0, 0.1) is 12.8 Å². The molecule has 9 N–H and O–H groups in total. The van der Waals surface area contributed by atoms with Crippen molar-refractivity contribution < 1.29 is 76.0 Å². The number of ether oxygens (including phenoxy) is 2. The Bertz CT molecular complexity index is 1680. The van der Waals surface area contributed by atoms with E-state index in [0.717, 1.165) is 16.3 Å². The summed E-state index contributed by atoms with van der Waals surface area (Å²) in [4.78, 5) is 38.2. The van der Waals surface area contributed by atoms with E-state index in [9.17, 15) is 58.1 Å². The average Bonchev–Trinajstić information content (AvgIpc) is 3.29. The molecule has 0 saturated carbocycles. The lowest BCUT2D eigenvalue weighted by molar-refractivity contribution is -0.295. The second-order valence-corrected chi connectivity index (χ2v) is 14.3. The molecule has 0 amide bonds. The standard InChI is InChI=1S/C26H36N3O17PS/c1-12-3-5-14(6-4-12)48(40,41)43-10-16(31)19(32)22-13(2)15(30)9-26(45-22,24(35)36)46-47(38,39)42-11-17-20(33)21(34)23(44-17)29-8-7-18(27)28-25(29)37/h3-8,13,15-17,19-23,30-34H,9-11H2,1-2H3,(H,35,36)(H,38,39)(H2,27,28,37)/t13-,15+,16-,17?,19-,20-,21-,22?,23?,26-/m1/s1. The number of benzene rings is 1. The number of aryl methyl sites for hydroxylation is 1. The van der Waals surface area contributed by atoms with Crippen molar-refractivity contribution in [3.05, 3.63) is 52.6 Å². The van der Waals surface area contributed by atoms with Gasteiger partial charge in [0.1, 0.15) is 36.3 Å². The van der Waals surface area contributed by atoms with Crippen LogP contribution in [0.5, 0.6) is 0 Å². The molecule has 1 aromatic heterocycles. The van der Waals surface area contributed by atoms with Crippen LogP contribution in [0.4, 0.5) is 5.82 Å². The third kappa shape index (κ3) is 8.28. The molecule has 20 nitrogen and oxygen atoms in total. The van der Waals surface area contributed by atoms with Crippen LogP contribution in [0.25, 0.3) is 0 Å². The smallest absolute Gasteiger partial charge is 0.475 e.